The molecule has 5 heteroatoms. The number of carbonyl (C=O) groups excluding carboxylic acids is 1. The summed E-state index contributed by atoms with van der Waals surface area (Å²) in [5.74, 6) is 0.178. The largest absolute Gasteiger partial charge is 0.349 e. The average Bonchev–Trinajstić information content (AvgIpc) is 2.77. The summed E-state index contributed by atoms with van der Waals surface area (Å²) in [4.78, 5) is 17.0. The normalized spacial score (nSPS) is 25.8. The number of pyridine rings is 1. The maximum absolute atomic E-state index is 13.8. The molecule has 1 spiro atoms. The second kappa shape index (κ2) is 7.66. The molecular weight excluding hydrogens is 399 g/mol. The highest BCUT2D eigenvalue weighted by molar-refractivity contribution is 6.30. The van der Waals surface area contributed by atoms with E-state index in [0.717, 1.165) is 49.4 Å². The fraction of sp³-hybridized carbons (Fsp3) is 0.360. The Kier molecular flexibility index (Phi) is 4.98. The van der Waals surface area contributed by atoms with Crippen molar-refractivity contribution in [3.05, 3.63) is 76.7 Å². The average molecular weight is 423 g/mol. The molecule has 3 aromatic rings. The van der Waals surface area contributed by atoms with Crippen LogP contribution in [0.3, 0.4) is 0 Å². The van der Waals surface area contributed by atoms with Crippen LogP contribution in [0.5, 0.6) is 0 Å². The van der Waals surface area contributed by atoms with Gasteiger partial charge in [0, 0.05) is 28.2 Å². The SMILES string of the molecule is O=C(NC1CCC12CCC(c1ccnc3ccc(F)cc13)CC2)c1ccc(Cl)cc1. The number of hydrogen-bond acceptors (Lipinski definition) is 2. The maximum atomic E-state index is 13.8. The van der Waals surface area contributed by atoms with Gasteiger partial charge in [-0.2, -0.15) is 0 Å². The van der Waals surface area contributed by atoms with Crippen molar-refractivity contribution in [2.45, 2.75) is 50.5 Å². The number of rotatable bonds is 3. The third-order valence-electron chi connectivity index (χ3n) is 7.24. The third-order valence-corrected chi connectivity index (χ3v) is 7.49. The van der Waals surface area contributed by atoms with E-state index in [4.69, 9.17) is 11.6 Å². The van der Waals surface area contributed by atoms with E-state index in [9.17, 15) is 9.18 Å². The van der Waals surface area contributed by atoms with Gasteiger partial charge in [0.2, 0.25) is 0 Å². The van der Waals surface area contributed by atoms with Gasteiger partial charge in [0.1, 0.15) is 5.82 Å². The molecule has 0 radical (unpaired) electrons. The molecular formula is C25H24ClFN2O. The van der Waals surface area contributed by atoms with E-state index in [-0.39, 0.29) is 23.2 Å². The lowest BCUT2D eigenvalue weighted by molar-refractivity contribution is 0.0173. The third kappa shape index (κ3) is 3.47. The molecule has 0 aliphatic heterocycles. The van der Waals surface area contributed by atoms with Crippen LogP contribution in [0.15, 0.2) is 54.7 Å². The van der Waals surface area contributed by atoms with E-state index in [2.05, 4.69) is 10.3 Å². The minimum atomic E-state index is -0.215. The van der Waals surface area contributed by atoms with E-state index in [0.29, 0.717) is 16.5 Å². The molecule has 1 N–H and O–H groups in total. The molecule has 1 heterocycles. The number of benzene rings is 2. The van der Waals surface area contributed by atoms with Crippen LogP contribution in [0, 0.1) is 11.2 Å². The molecule has 2 aromatic carbocycles. The zero-order chi connectivity index (χ0) is 20.7. The molecule has 3 nitrogen and oxygen atoms in total. The number of nitrogens with zero attached hydrogens (tertiary/aromatic N) is 1. The fourth-order valence-corrected chi connectivity index (χ4v) is 5.49. The molecule has 0 bridgehead atoms. The first kappa shape index (κ1) is 19.5. The van der Waals surface area contributed by atoms with Gasteiger partial charge in [-0.3, -0.25) is 9.78 Å². The Morgan fingerprint density at radius 1 is 1.03 bits per heavy atom. The number of nitrogens with one attached hydrogen (secondary N) is 1. The van der Waals surface area contributed by atoms with Crippen LogP contribution >= 0.6 is 11.6 Å². The van der Waals surface area contributed by atoms with E-state index in [1.807, 2.05) is 12.3 Å². The number of aromatic nitrogens is 1. The molecule has 1 unspecified atom stereocenters. The Hall–Kier alpha value is -2.46. The van der Waals surface area contributed by atoms with E-state index in [1.54, 1.807) is 36.4 Å². The molecule has 2 aliphatic rings. The van der Waals surface area contributed by atoms with Crippen LogP contribution in [0.1, 0.15) is 60.4 Å². The summed E-state index contributed by atoms with van der Waals surface area (Å²) in [6, 6.07) is 14.2. The number of fused-ring (bicyclic) bond motifs is 1. The smallest absolute Gasteiger partial charge is 0.251 e. The molecule has 154 valence electrons. The minimum absolute atomic E-state index is 0.0199. The Bertz CT molecular complexity index is 1090. The van der Waals surface area contributed by atoms with Gasteiger partial charge in [0.15, 0.2) is 0 Å². The summed E-state index contributed by atoms with van der Waals surface area (Å²) in [5.41, 5.74) is 2.91. The Morgan fingerprint density at radius 3 is 2.47 bits per heavy atom. The van der Waals surface area contributed by atoms with Crippen molar-refractivity contribution in [2.75, 3.05) is 0 Å². The summed E-state index contributed by atoms with van der Waals surface area (Å²) in [7, 11) is 0. The van der Waals surface area contributed by atoms with Crippen molar-refractivity contribution >= 4 is 28.4 Å². The zero-order valence-corrected chi connectivity index (χ0v) is 17.5. The first-order valence-electron chi connectivity index (χ1n) is 10.6. The maximum Gasteiger partial charge on any atom is 0.251 e. The number of halogens is 2. The lowest BCUT2D eigenvalue weighted by atomic mass is 9.55. The van der Waals surface area contributed by atoms with E-state index >= 15 is 0 Å². The topological polar surface area (TPSA) is 42.0 Å². The summed E-state index contributed by atoms with van der Waals surface area (Å²) in [6.45, 7) is 0. The monoisotopic (exact) mass is 422 g/mol. The van der Waals surface area contributed by atoms with Crippen molar-refractivity contribution in [3.63, 3.8) is 0 Å². The van der Waals surface area contributed by atoms with Gasteiger partial charge in [-0.05, 0) is 104 Å². The van der Waals surface area contributed by atoms with Crippen LogP contribution in [-0.2, 0) is 0 Å². The van der Waals surface area contributed by atoms with Gasteiger partial charge >= 0.3 is 0 Å². The molecule has 1 aromatic heterocycles. The predicted octanol–water partition coefficient (Wildman–Crippen LogP) is 6.26. The Labute approximate surface area is 180 Å². The van der Waals surface area contributed by atoms with Gasteiger partial charge in [-0.15, -0.1) is 0 Å². The van der Waals surface area contributed by atoms with Crippen LogP contribution < -0.4 is 5.32 Å². The Morgan fingerprint density at radius 2 is 1.77 bits per heavy atom. The van der Waals surface area contributed by atoms with Gasteiger partial charge in [-0.25, -0.2) is 4.39 Å². The summed E-state index contributed by atoms with van der Waals surface area (Å²) < 4.78 is 13.8. The second-order valence-corrected chi connectivity index (χ2v) is 9.21. The van der Waals surface area contributed by atoms with Gasteiger partial charge in [-0.1, -0.05) is 11.6 Å². The van der Waals surface area contributed by atoms with Gasteiger partial charge in [0.05, 0.1) is 5.52 Å². The first-order chi connectivity index (χ1) is 14.5. The quantitative estimate of drug-likeness (QED) is 0.541. The lowest BCUT2D eigenvalue weighted by Crippen LogP contribution is -2.56. The molecule has 30 heavy (non-hydrogen) atoms. The van der Waals surface area contributed by atoms with Gasteiger partial charge < -0.3 is 5.32 Å². The number of hydrogen-bond donors (Lipinski definition) is 1. The molecule has 0 saturated heterocycles. The van der Waals surface area contributed by atoms with E-state index in [1.165, 1.54) is 11.6 Å². The first-order valence-corrected chi connectivity index (χ1v) is 11.0. The lowest BCUT2D eigenvalue weighted by Gasteiger charge is -2.53. The molecule has 2 saturated carbocycles. The van der Waals surface area contributed by atoms with Crippen LogP contribution in [0.2, 0.25) is 5.02 Å². The molecule has 1 amide bonds. The number of amides is 1. The number of carbonyl (C=O) groups is 1. The summed E-state index contributed by atoms with van der Waals surface area (Å²) >= 11 is 5.93. The van der Waals surface area contributed by atoms with Crippen LogP contribution in [0.25, 0.3) is 10.9 Å². The molecule has 2 fully saturated rings. The molecule has 2 aliphatic carbocycles. The van der Waals surface area contributed by atoms with Crippen molar-refractivity contribution < 1.29 is 9.18 Å². The van der Waals surface area contributed by atoms with Crippen molar-refractivity contribution in [1.29, 1.82) is 0 Å². The highest BCUT2D eigenvalue weighted by atomic mass is 35.5. The van der Waals surface area contributed by atoms with E-state index < -0.39 is 0 Å². The predicted molar refractivity (Wildman–Crippen MR) is 117 cm³/mol. The summed E-state index contributed by atoms with van der Waals surface area (Å²) in [5, 5.41) is 4.83. The zero-order valence-electron chi connectivity index (χ0n) is 16.7. The fourth-order valence-electron chi connectivity index (χ4n) is 5.36. The van der Waals surface area contributed by atoms with Gasteiger partial charge in [0.25, 0.3) is 5.91 Å². The second-order valence-electron chi connectivity index (χ2n) is 8.77. The Balaban J connectivity index is 1.28. The minimum Gasteiger partial charge on any atom is -0.349 e. The van der Waals surface area contributed by atoms with Crippen LogP contribution in [0.4, 0.5) is 4.39 Å². The van der Waals surface area contributed by atoms with Crippen molar-refractivity contribution in [3.8, 4) is 0 Å². The van der Waals surface area contributed by atoms with Crippen molar-refractivity contribution in [2.24, 2.45) is 5.41 Å². The summed E-state index contributed by atoms with van der Waals surface area (Å²) in [6.07, 6.45) is 8.32. The van der Waals surface area contributed by atoms with Crippen LogP contribution in [-0.4, -0.2) is 16.9 Å². The standard InChI is InChI=1S/C25H24ClFN2O/c26-18-3-1-17(2-4-18)24(30)29-23-9-13-25(23)11-7-16(8-12-25)20-10-14-28-22-6-5-19(27)15-21(20)22/h1-6,10,14-16,23H,7-9,11-13H2,(H,29,30). The molecule has 5 rings (SSSR count). The highest BCUT2D eigenvalue weighted by Crippen LogP contribution is 2.55. The van der Waals surface area contributed by atoms with Crippen molar-refractivity contribution in [1.82, 2.24) is 10.3 Å². The highest BCUT2D eigenvalue weighted by Gasteiger charge is 2.49. The molecule has 1 atom stereocenters.